The second-order valence-electron chi connectivity index (χ2n) is 4.17. The van der Waals surface area contributed by atoms with Gasteiger partial charge in [0.1, 0.15) is 0 Å². The number of nitrogens with one attached hydrogen (secondary N) is 1. The minimum atomic E-state index is -0.745. The van der Waals surface area contributed by atoms with Gasteiger partial charge in [0.15, 0.2) is 0 Å². The van der Waals surface area contributed by atoms with Gasteiger partial charge in [-0.2, -0.15) is 0 Å². The second kappa shape index (κ2) is 6.52. The highest BCUT2D eigenvalue weighted by Crippen LogP contribution is 2.19. The summed E-state index contributed by atoms with van der Waals surface area (Å²) < 4.78 is 0. The van der Waals surface area contributed by atoms with Gasteiger partial charge in [0.2, 0.25) is 0 Å². The lowest BCUT2D eigenvalue weighted by Crippen LogP contribution is -2.12. The Hall–Kier alpha value is -2.17. The van der Waals surface area contributed by atoms with Gasteiger partial charge in [-0.05, 0) is 53.5 Å². The van der Waals surface area contributed by atoms with Crippen molar-refractivity contribution in [3.05, 3.63) is 65.2 Å². The maximum atomic E-state index is 12.0. The van der Waals surface area contributed by atoms with Crippen LogP contribution >= 0.6 is 23.2 Å². The number of hydrogen-bond donors (Lipinski definition) is 1. The van der Waals surface area contributed by atoms with Crippen molar-refractivity contribution in [1.82, 2.24) is 0 Å². The van der Waals surface area contributed by atoms with Crippen molar-refractivity contribution >= 4 is 45.3 Å². The van der Waals surface area contributed by atoms with Crippen molar-refractivity contribution < 1.29 is 14.4 Å². The molecule has 0 unspecified atom stereocenters. The summed E-state index contributed by atoms with van der Waals surface area (Å²) in [4.78, 5) is 34.5. The Morgan fingerprint density at radius 2 is 1.29 bits per heavy atom. The van der Waals surface area contributed by atoms with Crippen molar-refractivity contribution in [1.29, 1.82) is 0 Å². The molecule has 0 aliphatic heterocycles. The van der Waals surface area contributed by atoms with E-state index in [0.717, 1.165) is 0 Å². The summed E-state index contributed by atoms with van der Waals surface area (Å²) in [6, 6.07) is 12.5. The van der Waals surface area contributed by atoms with Crippen molar-refractivity contribution in [3.8, 4) is 0 Å². The molecule has 0 aliphatic rings. The molecule has 6 heteroatoms. The molecule has 1 amide bonds. The summed E-state index contributed by atoms with van der Waals surface area (Å²) in [5.74, 6) is -0.372. The first-order valence-electron chi connectivity index (χ1n) is 5.88. The van der Waals surface area contributed by atoms with Crippen LogP contribution in [0.25, 0.3) is 0 Å². The van der Waals surface area contributed by atoms with Crippen LogP contribution in [0, 0.1) is 0 Å². The van der Waals surface area contributed by atoms with Crippen LogP contribution in [0.1, 0.15) is 31.1 Å². The van der Waals surface area contributed by atoms with Gasteiger partial charge < -0.3 is 5.32 Å². The zero-order valence-corrected chi connectivity index (χ0v) is 12.1. The Balaban J connectivity index is 2.33. The normalized spacial score (nSPS) is 10.0. The Morgan fingerprint density at radius 3 is 1.76 bits per heavy atom. The number of carbonyl (C=O) groups excluding carboxylic acids is 3. The van der Waals surface area contributed by atoms with E-state index in [4.69, 9.17) is 23.2 Å². The summed E-state index contributed by atoms with van der Waals surface area (Å²) in [7, 11) is 0. The number of rotatable bonds is 4. The second-order valence-corrected chi connectivity index (χ2v) is 4.85. The third-order valence-corrected chi connectivity index (χ3v) is 3.12. The van der Waals surface area contributed by atoms with Gasteiger partial charge in [-0.25, -0.2) is 0 Å². The molecule has 0 saturated carbocycles. The molecule has 2 rings (SSSR count). The van der Waals surface area contributed by atoms with E-state index in [-0.39, 0.29) is 22.7 Å². The highest BCUT2D eigenvalue weighted by atomic mass is 35.5. The minimum Gasteiger partial charge on any atom is -0.322 e. The van der Waals surface area contributed by atoms with Crippen LogP contribution in [0.3, 0.4) is 0 Å². The number of carbonyl (C=O) groups is 3. The van der Waals surface area contributed by atoms with E-state index < -0.39 is 10.5 Å². The molecule has 0 atom stereocenters. The first kappa shape index (κ1) is 15.2. The highest BCUT2D eigenvalue weighted by molar-refractivity contribution is 6.69. The van der Waals surface area contributed by atoms with Gasteiger partial charge in [-0.1, -0.05) is 18.2 Å². The topological polar surface area (TPSA) is 63.2 Å². The Morgan fingerprint density at radius 1 is 0.762 bits per heavy atom. The zero-order chi connectivity index (χ0) is 15.4. The largest absolute Gasteiger partial charge is 0.322 e. The summed E-state index contributed by atoms with van der Waals surface area (Å²) in [5, 5.41) is 1.10. The van der Waals surface area contributed by atoms with Gasteiger partial charge in [0, 0.05) is 22.4 Å². The fourth-order valence-electron chi connectivity index (χ4n) is 1.72. The van der Waals surface area contributed by atoms with Crippen LogP contribution in [0.15, 0.2) is 48.5 Å². The monoisotopic (exact) mass is 321 g/mol. The number of anilines is 1. The van der Waals surface area contributed by atoms with Crippen molar-refractivity contribution in [3.63, 3.8) is 0 Å². The van der Waals surface area contributed by atoms with Gasteiger partial charge in [-0.3, -0.25) is 14.4 Å². The van der Waals surface area contributed by atoms with Crippen molar-refractivity contribution in [2.45, 2.75) is 0 Å². The van der Waals surface area contributed by atoms with Crippen LogP contribution in [-0.4, -0.2) is 16.4 Å². The van der Waals surface area contributed by atoms with E-state index in [1.54, 1.807) is 30.3 Å². The van der Waals surface area contributed by atoms with Gasteiger partial charge in [0.05, 0.1) is 0 Å². The number of amides is 1. The quantitative estimate of drug-likeness (QED) is 0.873. The smallest absolute Gasteiger partial charge is 0.255 e. The predicted molar refractivity (Wildman–Crippen MR) is 81.2 cm³/mol. The fraction of sp³-hybridized carbons (Fsp3) is 0. The molecular formula is C15H9Cl2NO3. The first-order chi connectivity index (χ1) is 9.97. The van der Waals surface area contributed by atoms with E-state index in [1.807, 2.05) is 0 Å². The maximum Gasteiger partial charge on any atom is 0.255 e. The van der Waals surface area contributed by atoms with Gasteiger partial charge in [-0.15, -0.1) is 0 Å². The lowest BCUT2D eigenvalue weighted by atomic mass is 10.1. The number of hydrogen-bond acceptors (Lipinski definition) is 3. The Bertz CT molecular complexity index is 682. The Labute approximate surface area is 130 Å². The third kappa shape index (κ3) is 3.90. The predicted octanol–water partition coefficient (Wildman–Crippen LogP) is 3.70. The average molecular weight is 322 g/mol. The summed E-state index contributed by atoms with van der Waals surface area (Å²) in [6.45, 7) is 0. The standard InChI is InChI=1S/C15H9Cl2NO3/c16-13(19)10-6-11(14(17)20)8-12(7-10)18-15(21)9-4-2-1-3-5-9/h1-8H,(H,18,21). The van der Waals surface area contributed by atoms with E-state index in [2.05, 4.69) is 5.32 Å². The molecule has 0 aliphatic carbocycles. The van der Waals surface area contributed by atoms with Crippen LogP contribution in [0.4, 0.5) is 5.69 Å². The molecule has 0 heterocycles. The average Bonchev–Trinajstić information content (AvgIpc) is 2.47. The molecule has 0 saturated heterocycles. The SMILES string of the molecule is O=C(Cl)c1cc(NC(=O)c2ccccc2)cc(C(=O)Cl)c1. The number of halogens is 2. The molecule has 0 spiro atoms. The maximum absolute atomic E-state index is 12.0. The molecule has 2 aromatic rings. The molecule has 0 aromatic heterocycles. The third-order valence-electron chi connectivity index (χ3n) is 2.68. The van der Waals surface area contributed by atoms with Gasteiger partial charge >= 0.3 is 0 Å². The van der Waals surface area contributed by atoms with E-state index in [9.17, 15) is 14.4 Å². The Kier molecular flexibility index (Phi) is 4.73. The molecule has 2 aromatic carbocycles. The van der Waals surface area contributed by atoms with Crippen LogP contribution in [0.2, 0.25) is 0 Å². The van der Waals surface area contributed by atoms with Crippen molar-refractivity contribution in [2.24, 2.45) is 0 Å². The minimum absolute atomic E-state index is 0.0755. The molecule has 1 N–H and O–H groups in total. The summed E-state index contributed by atoms with van der Waals surface area (Å²) in [5.41, 5.74) is 0.858. The molecular weight excluding hydrogens is 313 g/mol. The zero-order valence-electron chi connectivity index (χ0n) is 10.6. The lowest BCUT2D eigenvalue weighted by molar-refractivity contribution is 0.102. The lowest BCUT2D eigenvalue weighted by Gasteiger charge is -2.08. The molecule has 106 valence electrons. The highest BCUT2D eigenvalue weighted by Gasteiger charge is 2.12. The van der Waals surface area contributed by atoms with E-state index in [1.165, 1.54) is 18.2 Å². The molecule has 0 fully saturated rings. The van der Waals surface area contributed by atoms with Crippen molar-refractivity contribution in [2.75, 3.05) is 5.32 Å². The molecule has 21 heavy (non-hydrogen) atoms. The van der Waals surface area contributed by atoms with Crippen LogP contribution in [0.5, 0.6) is 0 Å². The fourth-order valence-corrected chi connectivity index (χ4v) is 1.94. The summed E-state index contributed by atoms with van der Waals surface area (Å²) >= 11 is 10.8. The van der Waals surface area contributed by atoms with Crippen LogP contribution in [-0.2, 0) is 0 Å². The molecule has 0 radical (unpaired) electrons. The van der Waals surface area contributed by atoms with E-state index >= 15 is 0 Å². The summed E-state index contributed by atoms with van der Waals surface area (Å²) in [6.07, 6.45) is 0. The van der Waals surface area contributed by atoms with Crippen LogP contribution < -0.4 is 5.32 Å². The molecule has 4 nitrogen and oxygen atoms in total. The van der Waals surface area contributed by atoms with E-state index in [0.29, 0.717) is 5.56 Å². The van der Waals surface area contributed by atoms with Gasteiger partial charge in [0.25, 0.3) is 16.4 Å². The number of benzene rings is 2. The molecule has 0 bridgehead atoms. The first-order valence-corrected chi connectivity index (χ1v) is 6.64.